The number of methoxy groups -OCH3 is 1. The fourth-order valence-corrected chi connectivity index (χ4v) is 3.17. The van der Waals surface area contributed by atoms with Crippen molar-refractivity contribution in [3.63, 3.8) is 0 Å². The molecule has 1 atom stereocenters. The summed E-state index contributed by atoms with van der Waals surface area (Å²) < 4.78 is 24.7. The van der Waals surface area contributed by atoms with Gasteiger partial charge in [-0.25, -0.2) is 4.39 Å². The third kappa shape index (κ3) is 3.85. The van der Waals surface area contributed by atoms with Gasteiger partial charge in [0.05, 0.1) is 19.2 Å². The Labute approximate surface area is 151 Å². The van der Waals surface area contributed by atoms with Crippen molar-refractivity contribution >= 4 is 5.91 Å². The monoisotopic (exact) mass is 362 g/mol. The second kappa shape index (κ2) is 7.82. The lowest BCUT2D eigenvalue weighted by molar-refractivity contribution is 0.0564. The highest BCUT2D eigenvalue weighted by Crippen LogP contribution is 2.33. The molecule has 2 heterocycles. The zero-order chi connectivity index (χ0) is 18.7. The van der Waals surface area contributed by atoms with E-state index < -0.39 is 5.82 Å². The highest BCUT2D eigenvalue weighted by Gasteiger charge is 2.33. The Morgan fingerprint density at radius 1 is 1.38 bits per heavy atom. The number of nitrogens with zero attached hydrogens (tertiary/aromatic N) is 4. The number of hydrogen-bond donors (Lipinski definition) is 0. The summed E-state index contributed by atoms with van der Waals surface area (Å²) in [5.74, 6) is 0.503. The molecule has 1 unspecified atom stereocenters. The molecule has 8 heteroatoms. The van der Waals surface area contributed by atoms with E-state index in [0.717, 1.165) is 19.3 Å². The molecule has 3 rings (SSSR count). The summed E-state index contributed by atoms with van der Waals surface area (Å²) in [6, 6.07) is 3.63. The first-order valence-electron chi connectivity index (χ1n) is 8.61. The van der Waals surface area contributed by atoms with E-state index in [2.05, 4.69) is 10.2 Å². The summed E-state index contributed by atoms with van der Waals surface area (Å²) in [5.41, 5.74) is 0.201. The molecule has 1 aliphatic rings. The van der Waals surface area contributed by atoms with Gasteiger partial charge in [-0.2, -0.15) is 0 Å². The van der Waals surface area contributed by atoms with Gasteiger partial charge in [0.2, 0.25) is 11.8 Å². The van der Waals surface area contributed by atoms with Crippen molar-refractivity contribution < 1.29 is 18.3 Å². The van der Waals surface area contributed by atoms with Gasteiger partial charge >= 0.3 is 0 Å². The maximum Gasteiger partial charge on any atom is 0.258 e. The van der Waals surface area contributed by atoms with Crippen molar-refractivity contribution in [1.82, 2.24) is 20.0 Å². The molecule has 2 aromatic rings. The standard InChI is InChI=1S/C18H23FN4O3/c1-22(2)11-16-20-21-17(26-16)14-6-4-5-9-23(14)18(24)13-10-12(19)7-8-15(13)25-3/h7-8,10,14H,4-6,9,11H2,1-3H3. The molecule has 1 fully saturated rings. The van der Waals surface area contributed by atoms with Crippen LogP contribution in [0.4, 0.5) is 4.39 Å². The fourth-order valence-electron chi connectivity index (χ4n) is 3.17. The van der Waals surface area contributed by atoms with Crippen LogP contribution < -0.4 is 4.74 Å². The van der Waals surface area contributed by atoms with Crippen LogP contribution in [0.15, 0.2) is 22.6 Å². The van der Waals surface area contributed by atoms with E-state index in [4.69, 9.17) is 9.15 Å². The molecule has 0 bridgehead atoms. The van der Waals surface area contributed by atoms with Gasteiger partial charge in [-0.15, -0.1) is 10.2 Å². The van der Waals surface area contributed by atoms with Gasteiger partial charge in [-0.1, -0.05) is 0 Å². The molecule has 0 radical (unpaired) electrons. The molecule has 1 amide bonds. The van der Waals surface area contributed by atoms with E-state index in [1.54, 1.807) is 4.90 Å². The minimum atomic E-state index is -0.478. The van der Waals surface area contributed by atoms with Crippen LogP contribution in [0.3, 0.4) is 0 Å². The number of ether oxygens (including phenoxy) is 1. The number of likely N-dealkylation sites (tertiary alicyclic amines) is 1. The number of piperidine rings is 1. The van der Waals surface area contributed by atoms with Crippen LogP contribution in [0.1, 0.15) is 47.4 Å². The summed E-state index contributed by atoms with van der Waals surface area (Å²) in [4.78, 5) is 16.7. The summed E-state index contributed by atoms with van der Waals surface area (Å²) in [5, 5.41) is 8.20. The third-order valence-corrected chi connectivity index (χ3v) is 4.37. The van der Waals surface area contributed by atoms with Crippen LogP contribution in [-0.4, -0.2) is 53.7 Å². The summed E-state index contributed by atoms with van der Waals surface area (Å²) in [6.07, 6.45) is 2.56. The Morgan fingerprint density at radius 2 is 2.19 bits per heavy atom. The van der Waals surface area contributed by atoms with Crippen LogP contribution >= 0.6 is 0 Å². The first-order chi connectivity index (χ1) is 12.5. The van der Waals surface area contributed by atoms with Gasteiger partial charge in [-0.3, -0.25) is 4.79 Å². The number of halogens is 1. The quantitative estimate of drug-likeness (QED) is 0.814. The predicted octanol–water partition coefficient (Wildman–Crippen LogP) is 2.65. The second-order valence-corrected chi connectivity index (χ2v) is 6.63. The number of carbonyl (C=O) groups is 1. The lowest BCUT2D eigenvalue weighted by atomic mass is 10.0. The molecule has 7 nitrogen and oxygen atoms in total. The van der Waals surface area contributed by atoms with Gasteiger partial charge in [0.15, 0.2) is 0 Å². The lowest BCUT2D eigenvalue weighted by Gasteiger charge is -2.33. The minimum Gasteiger partial charge on any atom is -0.496 e. The Balaban J connectivity index is 1.88. The van der Waals surface area contributed by atoms with Crippen molar-refractivity contribution in [3.8, 4) is 5.75 Å². The third-order valence-electron chi connectivity index (χ3n) is 4.37. The van der Waals surface area contributed by atoms with E-state index >= 15 is 0 Å². The van der Waals surface area contributed by atoms with Gasteiger partial charge in [0, 0.05) is 6.54 Å². The molecule has 140 valence electrons. The first kappa shape index (κ1) is 18.3. The fraction of sp³-hybridized carbons (Fsp3) is 0.500. The molecule has 1 saturated heterocycles. The van der Waals surface area contributed by atoms with Gasteiger partial charge in [0.1, 0.15) is 17.6 Å². The largest absolute Gasteiger partial charge is 0.496 e. The minimum absolute atomic E-state index is 0.201. The first-order valence-corrected chi connectivity index (χ1v) is 8.61. The van der Waals surface area contributed by atoms with Crippen LogP contribution in [0, 0.1) is 5.82 Å². The Kier molecular flexibility index (Phi) is 5.51. The molecule has 0 spiro atoms. The van der Waals surface area contributed by atoms with Crippen molar-refractivity contribution in [2.45, 2.75) is 31.8 Å². The number of hydrogen-bond acceptors (Lipinski definition) is 6. The molecule has 1 aromatic carbocycles. The van der Waals surface area contributed by atoms with Crippen LogP contribution in [0.2, 0.25) is 0 Å². The van der Waals surface area contributed by atoms with Gasteiger partial charge < -0.3 is 19.0 Å². The van der Waals surface area contributed by atoms with Crippen LogP contribution in [-0.2, 0) is 6.54 Å². The molecule has 0 saturated carbocycles. The van der Waals surface area contributed by atoms with Crippen LogP contribution in [0.5, 0.6) is 5.75 Å². The molecule has 1 aromatic heterocycles. The number of rotatable bonds is 5. The SMILES string of the molecule is COc1ccc(F)cc1C(=O)N1CCCCC1c1nnc(CN(C)C)o1. The average molecular weight is 362 g/mol. The maximum atomic E-state index is 13.7. The molecule has 0 aliphatic carbocycles. The summed E-state index contributed by atoms with van der Waals surface area (Å²) in [6.45, 7) is 1.08. The molecular formula is C18H23FN4O3. The molecule has 26 heavy (non-hydrogen) atoms. The van der Waals surface area contributed by atoms with Crippen molar-refractivity contribution in [1.29, 1.82) is 0 Å². The smallest absolute Gasteiger partial charge is 0.258 e. The van der Waals surface area contributed by atoms with E-state index in [-0.39, 0.29) is 17.5 Å². The molecular weight excluding hydrogens is 339 g/mol. The molecule has 0 N–H and O–H groups in total. The number of aromatic nitrogens is 2. The van der Waals surface area contributed by atoms with E-state index in [1.165, 1.54) is 25.3 Å². The van der Waals surface area contributed by atoms with E-state index in [9.17, 15) is 9.18 Å². The van der Waals surface area contributed by atoms with Crippen LogP contribution in [0.25, 0.3) is 0 Å². The topological polar surface area (TPSA) is 71.7 Å². The van der Waals surface area contributed by atoms with Gasteiger partial charge in [0.25, 0.3) is 5.91 Å². The highest BCUT2D eigenvalue weighted by molar-refractivity contribution is 5.97. The average Bonchev–Trinajstić information content (AvgIpc) is 3.08. The number of amides is 1. The van der Waals surface area contributed by atoms with Gasteiger partial charge in [-0.05, 0) is 51.6 Å². The predicted molar refractivity (Wildman–Crippen MR) is 92.3 cm³/mol. The normalized spacial score (nSPS) is 17.6. The summed E-state index contributed by atoms with van der Waals surface area (Å²) >= 11 is 0. The van der Waals surface area contributed by atoms with Crippen molar-refractivity contribution in [3.05, 3.63) is 41.4 Å². The van der Waals surface area contributed by atoms with Crippen molar-refractivity contribution in [2.75, 3.05) is 27.7 Å². The second-order valence-electron chi connectivity index (χ2n) is 6.63. The zero-order valence-electron chi connectivity index (χ0n) is 15.2. The Bertz CT molecular complexity index is 778. The maximum absolute atomic E-state index is 13.7. The zero-order valence-corrected chi connectivity index (χ0v) is 15.2. The highest BCUT2D eigenvalue weighted by atomic mass is 19.1. The van der Waals surface area contributed by atoms with Crippen molar-refractivity contribution in [2.24, 2.45) is 0 Å². The Morgan fingerprint density at radius 3 is 2.92 bits per heavy atom. The number of carbonyl (C=O) groups excluding carboxylic acids is 1. The molecule has 1 aliphatic heterocycles. The Hall–Kier alpha value is -2.48. The number of benzene rings is 1. The van der Waals surface area contributed by atoms with E-state index in [1.807, 2.05) is 19.0 Å². The summed E-state index contributed by atoms with van der Waals surface area (Å²) in [7, 11) is 5.29. The van der Waals surface area contributed by atoms with E-state index in [0.29, 0.717) is 30.6 Å². The lowest BCUT2D eigenvalue weighted by Crippen LogP contribution is -2.38.